The Morgan fingerprint density at radius 3 is 2.29 bits per heavy atom. The van der Waals surface area contributed by atoms with Gasteiger partial charge in [-0.1, -0.05) is 12.1 Å². The first-order valence-corrected chi connectivity index (χ1v) is 16.4. The van der Waals surface area contributed by atoms with Crippen LogP contribution in [0.5, 0.6) is 5.75 Å². The van der Waals surface area contributed by atoms with Crippen LogP contribution in [0.2, 0.25) is 0 Å². The summed E-state index contributed by atoms with van der Waals surface area (Å²) in [6.45, 7) is 0. The fourth-order valence-corrected chi connectivity index (χ4v) is 7.49. The number of halogens is 4. The topological polar surface area (TPSA) is 131 Å². The van der Waals surface area contributed by atoms with Crippen molar-refractivity contribution in [3.05, 3.63) is 71.5 Å². The number of sulfone groups is 1. The zero-order valence-electron chi connectivity index (χ0n) is 26.4. The Morgan fingerprint density at radius 2 is 1.65 bits per heavy atom. The molecular weight excluding hydrogens is 658 g/mol. The number of carbonyl (C=O) groups excluding carboxylic acids is 3. The molecule has 3 aromatic carbocycles. The van der Waals surface area contributed by atoms with E-state index in [-0.39, 0.29) is 40.0 Å². The summed E-state index contributed by atoms with van der Waals surface area (Å²) in [6, 6.07) is 10.2. The van der Waals surface area contributed by atoms with Gasteiger partial charge in [0.2, 0.25) is 5.91 Å². The Morgan fingerprint density at radius 1 is 0.938 bits per heavy atom. The number of amides is 2. The van der Waals surface area contributed by atoms with Gasteiger partial charge in [0, 0.05) is 37.5 Å². The Labute approximate surface area is 274 Å². The van der Waals surface area contributed by atoms with Gasteiger partial charge in [0.05, 0.1) is 41.8 Å². The number of carbonyl (C=O) groups is 3. The normalized spacial score (nSPS) is 20.2. The molecule has 2 aliphatic carbocycles. The monoisotopic (exact) mass is 691 g/mol. The molecule has 3 aromatic rings. The van der Waals surface area contributed by atoms with Gasteiger partial charge in [-0.2, -0.15) is 13.2 Å². The lowest BCUT2D eigenvalue weighted by atomic mass is 9.83. The van der Waals surface area contributed by atoms with Crippen molar-refractivity contribution in [1.29, 1.82) is 0 Å². The molecule has 0 unspecified atom stereocenters. The number of anilines is 2. The van der Waals surface area contributed by atoms with Gasteiger partial charge < -0.3 is 25.0 Å². The molecule has 4 atom stereocenters. The Hall–Kier alpha value is -4.66. The van der Waals surface area contributed by atoms with E-state index in [0.29, 0.717) is 24.1 Å². The van der Waals surface area contributed by atoms with Crippen LogP contribution in [0.1, 0.15) is 40.0 Å². The molecule has 0 spiro atoms. The zero-order chi connectivity index (χ0) is 35.1. The maximum atomic E-state index is 15.4. The predicted octanol–water partition coefficient (Wildman–Crippen LogP) is 5.43. The van der Waals surface area contributed by atoms with Gasteiger partial charge >= 0.3 is 11.5 Å². The average molecular weight is 692 g/mol. The number of alkyl halides is 3. The molecule has 15 heteroatoms. The molecule has 2 saturated carbocycles. The van der Waals surface area contributed by atoms with Gasteiger partial charge in [-0.25, -0.2) is 17.6 Å². The minimum absolute atomic E-state index is 0.00987. The summed E-state index contributed by atoms with van der Waals surface area (Å²) in [4.78, 5) is 40.3. The maximum absolute atomic E-state index is 15.4. The van der Waals surface area contributed by atoms with Crippen LogP contribution in [-0.4, -0.2) is 66.1 Å². The van der Waals surface area contributed by atoms with E-state index in [2.05, 4.69) is 10.6 Å². The molecule has 2 amide bonds. The Balaban J connectivity index is 1.42. The number of hydrogen-bond acceptors (Lipinski definition) is 8. The first kappa shape index (κ1) is 34.7. The fourth-order valence-electron chi connectivity index (χ4n) is 6.68. The SMILES string of the molecule is COC(=O)c1ccc(-c2cc(C(=O)N[C@@H]3[C@H]4CC[C@H](C4)[C@@H]3C(=O)Nc3cccc(S(=O)(=O)C(F)(F)F)c3)c(OC)cc2F)cc1N(C)C. The summed E-state index contributed by atoms with van der Waals surface area (Å²) in [5, 5.41) is 5.45. The number of ether oxygens (including phenoxy) is 2. The van der Waals surface area contributed by atoms with Crippen LogP contribution >= 0.6 is 0 Å². The predicted molar refractivity (Wildman–Crippen MR) is 168 cm³/mol. The van der Waals surface area contributed by atoms with Crippen LogP contribution in [-0.2, 0) is 19.4 Å². The number of esters is 1. The van der Waals surface area contributed by atoms with Gasteiger partial charge in [-0.3, -0.25) is 9.59 Å². The van der Waals surface area contributed by atoms with Crippen molar-refractivity contribution in [3.63, 3.8) is 0 Å². The van der Waals surface area contributed by atoms with Crippen molar-refractivity contribution < 1.29 is 49.8 Å². The molecule has 10 nitrogen and oxygen atoms in total. The smallest absolute Gasteiger partial charge is 0.496 e. The lowest BCUT2D eigenvalue weighted by Crippen LogP contribution is -2.48. The van der Waals surface area contributed by atoms with Crippen molar-refractivity contribution in [1.82, 2.24) is 5.32 Å². The van der Waals surface area contributed by atoms with Crippen LogP contribution in [0.15, 0.2) is 59.5 Å². The molecule has 0 saturated heterocycles. The lowest BCUT2D eigenvalue weighted by Gasteiger charge is -2.31. The molecule has 48 heavy (non-hydrogen) atoms. The highest BCUT2D eigenvalue weighted by molar-refractivity contribution is 7.92. The number of methoxy groups -OCH3 is 2. The third-order valence-electron chi connectivity index (χ3n) is 8.96. The van der Waals surface area contributed by atoms with E-state index >= 15 is 4.39 Å². The van der Waals surface area contributed by atoms with E-state index in [9.17, 15) is 36.0 Å². The van der Waals surface area contributed by atoms with Crippen LogP contribution < -0.4 is 20.3 Å². The molecule has 0 aliphatic heterocycles. The third kappa shape index (κ3) is 6.42. The van der Waals surface area contributed by atoms with E-state index in [1.807, 2.05) is 0 Å². The summed E-state index contributed by atoms with van der Waals surface area (Å²) < 4.78 is 88.8. The standard InChI is InChI=1S/C33H33F4N3O7S/c1-40(2)26-13-17(10-11-22(26)32(43)47-4)23-15-24(27(46-3)16-25(23)34)30(41)39-29-19-9-8-18(12-19)28(29)31(42)38-20-6-5-7-21(14-20)48(44,45)33(35,36)37/h5-7,10-11,13-16,18-19,28-29H,8-9,12H2,1-4H3,(H,38,42)(H,39,41)/t18-,19+,28+,29-/m1/s1. The molecular formula is C33H33F4N3O7S. The lowest BCUT2D eigenvalue weighted by molar-refractivity contribution is -0.122. The molecule has 2 aliphatic rings. The first-order valence-electron chi connectivity index (χ1n) is 14.9. The highest BCUT2D eigenvalue weighted by Crippen LogP contribution is 2.49. The van der Waals surface area contributed by atoms with E-state index in [4.69, 9.17) is 9.47 Å². The van der Waals surface area contributed by atoms with Crippen molar-refractivity contribution >= 4 is 39.0 Å². The largest absolute Gasteiger partial charge is 0.501 e. The number of nitrogens with zero attached hydrogens (tertiary/aromatic N) is 1. The second-order valence-corrected chi connectivity index (χ2v) is 13.9. The van der Waals surface area contributed by atoms with Gasteiger partial charge in [-0.05, 0) is 73.1 Å². The molecule has 256 valence electrons. The molecule has 2 fully saturated rings. The molecule has 2 bridgehead atoms. The highest BCUT2D eigenvalue weighted by Gasteiger charge is 2.52. The zero-order valence-corrected chi connectivity index (χ0v) is 27.2. The summed E-state index contributed by atoms with van der Waals surface area (Å²) in [5.74, 6) is -3.52. The molecule has 0 radical (unpaired) electrons. The van der Waals surface area contributed by atoms with E-state index < -0.39 is 55.8 Å². The average Bonchev–Trinajstić information content (AvgIpc) is 3.65. The number of hydrogen-bond donors (Lipinski definition) is 2. The summed E-state index contributed by atoms with van der Waals surface area (Å²) in [7, 11) is 0.302. The summed E-state index contributed by atoms with van der Waals surface area (Å²) in [5.41, 5.74) is -4.53. The maximum Gasteiger partial charge on any atom is 0.501 e. The number of benzene rings is 3. The molecule has 0 aromatic heterocycles. The van der Waals surface area contributed by atoms with Gasteiger partial charge in [0.25, 0.3) is 15.7 Å². The van der Waals surface area contributed by atoms with E-state index in [1.54, 1.807) is 25.1 Å². The van der Waals surface area contributed by atoms with Gasteiger partial charge in [0.15, 0.2) is 0 Å². The summed E-state index contributed by atoms with van der Waals surface area (Å²) >= 11 is 0. The molecule has 5 rings (SSSR count). The Kier molecular flexibility index (Phi) is 9.46. The number of nitrogens with one attached hydrogen (secondary N) is 2. The number of fused-ring (bicyclic) bond motifs is 2. The second-order valence-electron chi connectivity index (χ2n) is 12.0. The van der Waals surface area contributed by atoms with Crippen LogP contribution in [0, 0.1) is 23.6 Å². The van der Waals surface area contributed by atoms with Crippen LogP contribution in [0.3, 0.4) is 0 Å². The minimum Gasteiger partial charge on any atom is -0.496 e. The van der Waals surface area contributed by atoms with Gasteiger partial charge in [-0.15, -0.1) is 0 Å². The second kappa shape index (κ2) is 13.1. The Bertz CT molecular complexity index is 1880. The summed E-state index contributed by atoms with van der Waals surface area (Å²) in [6.07, 6.45) is 2.04. The van der Waals surface area contributed by atoms with Crippen molar-refractivity contribution in [2.24, 2.45) is 17.8 Å². The fraction of sp³-hybridized carbons (Fsp3) is 0.364. The number of rotatable bonds is 9. The van der Waals surface area contributed by atoms with Crippen LogP contribution in [0.25, 0.3) is 11.1 Å². The van der Waals surface area contributed by atoms with Crippen LogP contribution in [0.4, 0.5) is 28.9 Å². The van der Waals surface area contributed by atoms with Crippen molar-refractivity contribution in [2.45, 2.75) is 35.7 Å². The molecule has 0 heterocycles. The third-order valence-corrected chi connectivity index (χ3v) is 10.4. The van der Waals surface area contributed by atoms with Gasteiger partial charge in [0.1, 0.15) is 11.6 Å². The van der Waals surface area contributed by atoms with Crippen molar-refractivity contribution in [2.75, 3.05) is 38.5 Å². The first-order chi connectivity index (χ1) is 22.6. The highest BCUT2D eigenvalue weighted by atomic mass is 32.2. The molecule has 2 N–H and O–H groups in total. The van der Waals surface area contributed by atoms with E-state index in [1.165, 1.54) is 38.5 Å². The minimum atomic E-state index is -5.64. The van der Waals surface area contributed by atoms with Crippen molar-refractivity contribution in [3.8, 4) is 16.9 Å². The quantitative estimate of drug-likeness (QED) is 0.225. The van der Waals surface area contributed by atoms with E-state index in [0.717, 1.165) is 30.7 Å².